The molecule has 0 atom stereocenters. The minimum Gasteiger partial charge on any atom is -0.307 e. The van der Waals surface area contributed by atoms with Crippen molar-refractivity contribution >= 4 is 11.8 Å². The van der Waals surface area contributed by atoms with E-state index < -0.39 is 0 Å². The molecule has 1 aromatic rings. The number of nitrogens with zero attached hydrogens (tertiary/aromatic N) is 4. The zero-order valence-electron chi connectivity index (χ0n) is 7.11. The first kappa shape index (κ1) is 9.07. The molecule has 0 aliphatic carbocycles. The van der Waals surface area contributed by atoms with Gasteiger partial charge in [0.2, 0.25) is 0 Å². The third kappa shape index (κ3) is 1.77. The van der Waals surface area contributed by atoms with E-state index in [-0.39, 0.29) is 0 Å². The normalized spacial score (nSPS) is 9.75. The molecule has 4 nitrogen and oxygen atoms in total. The third-order valence-corrected chi connectivity index (χ3v) is 2.32. The number of hydrogen-bond donors (Lipinski definition) is 0. The molecule has 64 valence electrons. The number of aromatic nitrogens is 3. The molecule has 0 bridgehead atoms. The van der Waals surface area contributed by atoms with Crippen molar-refractivity contribution in [2.75, 3.05) is 5.75 Å². The maximum atomic E-state index is 8.37. The van der Waals surface area contributed by atoms with Gasteiger partial charge in [-0.25, -0.2) is 0 Å². The molecular formula is C7H10N4S. The molecule has 0 spiro atoms. The monoisotopic (exact) mass is 182 g/mol. The molecule has 0 unspecified atom stereocenters. The zero-order chi connectivity index (χ0) is 8.97. The fourth-order valence-electron chi connectivity index (χ4n) is 0.929. The van der Waals surface area contributed by atoms with Gasteiger partial charge in [-0.3, -0.25) is 0 Å². The second-order valence-corrected chi connectivity index (χ2v) is 3.16. The Labute approximate surface area is 75.6 Å². The van der Waals surface area contributed by atoms with Crippen LogP contribution < -0.4 is 0 Å². The molecule has 1 rings (SSSR count). The average Bonchev–Trinajstić information content (AvgIpc) is 2.43. The van der Waals surface area contributed by atoms with E-state index >= 15 is 0 Å². The molecule has 0 amide bonds. The van der Waals surface area contributed by atoms with Gasteiger partial charge in [-0.2, -0.15) is 5.26 Å². The molecule has 0 saturated carbocycles. The van der Waals surface area contributed by atoms with Crippen LogP contribution in [0.25, 0.3) is 0 Å². The van der Waals surface area contributed by atoms with Crippen LogP contribution in [0, 0.1) is 18.3 Å². The van der Waals surface area contributed by atoms with E-state index in [1.54, 1.807) is 0 Å². The Balaban J connectivity index is 2.78. The van der Waals surface area contributed by atoms with Crippen molar-refractivity contribution in [3.8, 4) is 6.07 Å². The summed E-state index contributed by atoms with van der Waals surface area (Å²) in [5, 5.41) is 17.1. The summed E-state index contributed by atoms with van der Waals surface area (Å²) in [6.07, 6.45) is 0. The Bertz CT molecular complexity index is 299. The predicted octanol–water partition coefficient (Wildman–Crippen LogP) is 1.22. The molecule has 1 aromatic heterocycles. The summed E-state index contributed by atoms with van der Waals surface area (Å²) in [5.74, 6) is 1.33. The van der Waals surface area contributed by atoms with Gasteiger partial charge in [0.25, 0.3) is 0 Å². The zero-order valence-corrected chi connectivity index (χ0v) is 7.93. The first-order valence-electron chi connectivity index (χ1n) is 3.69. The highest BCUT2D eigenvalue weighted by molar-refractivity contribution is 7.99. The van der Waals surface area contributed by atoms with E-state index in [4.69, 9.17) is 5.26 Å². The van der Waals surface area contributed by atoms with E-state index in [0.717, 1.165) is 17.5 Å². The third-order valence-electron chi connectivity index (χ3n) is 1.48. The lowest BCUT2D eigenvalue weighted by Gasteiger charge is -2.01. The fourth-order valence-corrected chi connectivity index (χ4v) is 1.64. The van der Waals surface area contributed by atoms with Crippen LogP contribution >= 0.6 is 11.8 Å². The highest BCUT2D eigenvalue weighted by Crippen LogP contribution is 2.15. The molecule has 0 radical (unpaired) electrons. The molecule has 12 heavy (non-hydrogen) atoms. The minimum atomic E-state index is 0.429. The summed E-state index contributed by atoms with van der Waals surface area (Å²) >= 11 is 1.42. The Hall–Kier alpha value is -1.02. The molecular weight excluding hydrogens is 172 g/mol. The van der Waals surface area contributed by atoms with Crippen LogP contribution in [-0.2, 0) is 6.54 Å². The van der Waals surface area contributed by atoms with E-state index in [1.165, 1.54) is 11.8 Å². The van der Waals surface area contributed by atoms with Crippen molar-refractivity contribution in [2.45, 2.75) is 25.5 Å². The largest absolute Gasteiger partial charge is 0.307 e. The predicted molar refractivity (Wildman–Crippen MR) is 46.8 cm³/mol. The van der Waals surface area contributed by atoms with Crippen molar-refractivity contribution < 1.29 is 0 Å². The van der Waals surface area contributed by atoms with Gasteiger partial charge in [0.05, 0.1) is 11.8 Å². The lowest BCUT2D eigenvalue weighted by atomic mass is 10.6. The second kappa shape index (κ2) is 4.12. The number of thioether (sulfide) groups is 1. The van der Waals surface area contributed by atoms with Gasteiger partial charge in [0.1, 0.15) is 5.82 Å². The number of hydrogen-bond acceptors (Lipinski definition) is 4. The van der Waals surface area contributed by atoms with Gasteiger partial charge in [-0.15, -0.1) is 10.2 Å². The lowest BCUT2D eigenvalue weighted by Crippen LogP contribution is -1.98. The fraction of sp³-hybridized carbons (Fsp3) is 0.571. The van der Waals surface area contributed by atoms with Crippen LogP contribution in [-0.4, -0.2) is 20.5 Å². The maximum Gasteiger partial charge on any atom is 0.192 e. The summed E-state index contributed by atoms with van der Waals surface area (Å²) in [5.41, 5.74) is 0. The first-order valence-corrected chi connectivity index (χ1v) is 4.67. The van der Waals surface area contributed by atoms with E-state index in [9.17, 15) is 0 Å². The number of rotatable bonds is 3. The van der Waals surface area contributed by atoms with E-state index in [1.807, 2.05) is 18.4 Å². The standard InChI is InChI=1S/C7H10N4S/c1-3-11-6(2)9-10-7(11)12-5-4-8/h3,5H2,1-2H3. The van der Waals surface area contributed by atoms with Gasteiger partial charge < -0.3 is 4.57 Å². The maximum absolute atomic E-state index is 8.37. The lowest BCUT2D eigenvalue weighted by molar-refractivity contribution is 0.662. The molecule has 0 fully saturated rings. The Kier molecular flexibility index (Phi) is 3.11. The van der Waals surface area contributed by atoms with Crippen LogP contribution in [0.2, 0.25) is 0 Å². The van der Waals surface area contributed by atoms with Crippen molar-refractivity contribution in [2.24, 2.45) is 0 Å². The molecule has 0 aliphatic rings. The molecule has 0 saturated heterocycles. The SMILES string of the molecule is CCn1c(C)nnc1SCC#N. The van der Waals surface area contributed by atoms with Crippen molar-refractivity contribution in [1.82, 2.24) is 14.8 Å². The smallest absolute Gasteiger partial charge is 0.192 e. The van der Waals surface area contributed by atoms with E-state index in [2.05, 4.69) is 16.3 Å². The van der Waals surface area contributed by atoms with Crippen molar-refractivity contribution in [3.05, 3.63) is 5.82 Å². The molecule has 0 aromatic carbocycles. The van der Waals surface area contributed by atoms with Crippen LogP contribution in [0.3, 0.4) is 0 Å². The van der Waals surface area contributed by atoms with Gasteiger partial charge in [0, 0.05) is 6.54 Å². The van der Waals surface area contributed by atoms with Crippen LogP contribution in [0.4, 0.5) is 0 Å². The number of nitriles is 1. The first-order chi connectivity index (χ1) is 5.79. The van der Waals surface area contributed by atoms with Gasteiger partial charge in [-0.1, -0.05) is 11.8 Å². The van der Waals surface area contributed by atoms with Gasteiger partial charge in [0.15, 0.2) is 5.16 Å². The summed E-state index contributed by atoms with van der Waals surface area (Å²) in [7, 11) is 0. The Morgan fingerprint density at radius 2 is 2.33 bits per heavy atom. The second-order valence-electron chi connectivity index (χ2n) is 2.22. The Morgan fingerprint density at radius 3 is 2.92 bits per heavy atom. The summed E-state index contributed by atoms with van der Waals surface area (Å²) in [6, 6.07) is 2.06. The van der Waals surface area contributed by atoms with Crippen molar-refractivity contribution in [3.63, 3.8) is 0 Å². The van der Waals surface area contributed by atoms with Gasteiger partial charge >= 0.3 is 0 Å². The van der Waals surface area contributed by atoms with Gasteiger partial charge in [-0.05, 0) is 13.8 Å². The summed E-state index contributed by atoms with van der Waals surface area (Å²) < 4.78 is 1.99. The molecule has 0 aliphatic heterocycles. The van der Waals surface area contributed by atoms with Crippen LogP contribution in [0.15, 0.2) is 5.16 Å². The van der Waals surface area contributed by atoms with Crippen molar-refractivity contribution in [1.29, 1.82) is 5.26 Å². The highest BCUT2D eigenvalue weighted by atomic mass is 32.2. The van der Waals surface area contributed by atoms with Crippen LogP contribution in [0.1, 0.15) is 12.7 Å². The molecule has 5 heteroatoms. The average molecular weight is 182 g/mol. The topological polar surface area (TPSA) is 54.5 Å². The summed E-state index contributed by atoms with van der Waals surface area (Å²) in [4.78, 5) is 0. The van der Waals surface area contributed by atoms with E-state index in [0.29, 0.717) is 5.75 Å². The molecule has 0 N–H and O–H groups in total. The summed E-state index contributed by atoms with van der Waals surface area (Å²) in [6.45, 7) is 4.80. The van der Waals surface area contributed by atoms with Crippen LogP contribution in [0.5, 0.6) is 0 Å². The Morgan fingerprint density at radius 1 is 1.58 bits per heavy atom. The quantitative estimate of drug-likeness (QED) is 0.659. The number of aryl methyl sites for hydroxylation is 1. The molecule has 1 heterocycles. The highest BCUT2D eigenvalue weighted by Gasteiger charge is 2.05. The minimum absolute atomic E-state index is 0.429.